The Morgan fingerprint density at radius 3 is 2.00 bits per heavy atom. The van der Waals surface area contributed by atoms with Crippen LogP contribution in [-0.2, 0) is 0 Å². The van der Waals surface area contributed by atoms with Crippen LogP contribution in [0.2, 0.25) is 0 Å². The van der Waals surface area contributed by atoms with Crippen molar-refractivity contribution in [3.63, 3.8) is 0 Å². The van der Waals surface area contributed by atoms with Crippen LogP contribution in [-0.4, -0.2) is 0 Å². The number of hydrogen-bond acceptors (Lipinski definition) is 0. The Labute approximate surface area is 111 Å². The largest absolute Gasteiger partial charge is 0.325 e. The third-order valence-electron chi connectivity index (χ3n) is 3.85. The summed E-state index contributed by atoms with van der Waals surface area (Å²) in [6, 6.07) is 23.7. The Morgan fingerprint density at radius 1 is 0.526 bits per heavy atom. The topological polar surface area (TPSA) is 27.6 Å². The molecule has 0 fully saturated rings. The number of fused-ring (bicyclic) bond motifs is 5. The fraction of sp³-hybridized carbons (Fsp3) is 0. The van der Waals surface area contributed by atoms with Crippen molar-refractivity contribution in [2.24, 2.45) is 0 Å². The lowest BCUT2D eigenvalue weighted by Crippen LogP contribution is -2.40. The second kappa shape index (κ2) is 3.81. The van der Waals surface area contributed by atoms with Crippen molar-refractivity contribution in [3.05, 3.63) is 66.7 Å². The molecule has 0 unspecified atom stereocenters. The number of benzene rings is 4. The molecule has 0 amide bonds. The fourth-order valence-corrected chi connectivity index (χ4v) is 2.94. The minimum atomic E-state index is 1.10. The van der Waals surface area contributed by atoms with Gasteiger partial charge in [-0.1, -0.05) is 54.6 Å². The molecule has 0 spiro atoms. The molecule has 0 saturated heterocycles. The van der Waals surface area contributed by atoms with Crippen LogP contribution in [0.15, 0.2) is 66.7 Å². The molecule has 0 aliphatic carbocycles. The minimum absolute atomic E-state index is 1.10. The Hall–Kier alpha value is -2.38. The number of hydrogen-bond donors (Lipinski definition) is 1. The van der Waals surface area contributed by atoms with Gasteiger partial charge in [0.1, 0.15) is 5.69 Å². The molecule has 19 heavy (non-hydrogen) atoms. The summed E-state index contributed by atoms with van der Waals surface area (Å²) in [7, 11) is 0. The van der Waals surface area contributed by atoms with Gasteiger partial charge in [0.05, 0.1) is 0 Å². The van der Waals surface area contributed by atoms with Gasteiger partial charge in [-0.15, -0.1) is 0 Å². The van der Waals surface area contributed by atoms with Gasteiger partial charge >= 0.3 is 0 Å². The average molecular weight is 244 g/mol. The van der Waals surface area contributed by atoms with E-state index in [0.29, 0.717) is 0 Å². The smallest absolute Gasteiger partial charge is 0.136 e. The Balaban J connectivity index is 2.34. The summed E-state index contributed by atoms with van der Waals surface area (Å²) >= 11 is 0. The first kappa shape index (κ1) is 10.5. The van der Waals surface area contributed by atoms with Gasteiger partial charge in [-0.25, -0.2) is 0 Å². The van der Waals surface area contributed by atoms with E-state index in [4.69, 9.17) is 0 Å². The van der Waals surface area contributed by atoms with Crippen molar-refractivity contribution in [1.82, 2.24) is 0 Å². The van der Waals surface area contributed by atoms with E-state index < -0.39 is 0 Å². The van der Waals surface area contributed by atoms with Gasteiger partial charge in [0.2, 0.25) is 0 Å². The first-order chi connectivity index (χ1) is 9.34. The summed E-state index contributed by atoms with van der Waals surface area (Å²) in [6.07, 6.45) is 0. The first-order valence-electron chi connectivity index (χ1n) is 6.50. The van der Waals surface area contributed by atoms with Crippen molar-refractivity contribution >= 4 is 38.0 Å². The Morgan fingerprint density at radius 2 is 1.16 bits per heavy atom. The molecule has 0 aliphatic heterocycles. The quantitative estimate of drug-likeness (QED) is 0.452. The summed E-state index contributed by atoms with van der Waals surface area (Å²) in [6.45, 7) is 0. The maximum absolute atomic E-state index is 4.21. The minimum Gasteiger partial charge on any atom is -0.325 e. The lowest BCUT2D eigenvalue weighted by atomic mass is 9.96. The monoisotopic (exact) mass is 244 g/mol. The number of quaternary nitrogens is 1. The molecule has 0 saturated carbocycles. The fourth-order valence-electron chi connectivity index (χ4n) is 2.94. The van der Waals surface area contributed by atoms with E-state index in [9.17, 15) is 0 Å². The summed E-state index contributed by atoms with van der Waals surface area (Å²) in [5.41, 5.74) is 5.30. The predicted molar refractivity (Wildman–Crippen MR) is 81.5 cm³/mol. The van der Waals surface area contributed by atoms with E-state index in [1.807, 2.05) is 0 Å². The highest BCUT2D eigenvalue weighted by atomic mass is 14.5. The maximum Gasteiger partial charge on any atom is 0.136 e. The van der Waals surface area contributed by atoms with E-state index in [1.165, 1.54) is 32.3 Å². The van der Waals surface area contributed by atoms with Crippen LogP contribution in [0.1, 0.15) is 0 Å². The molecule has 90 valence electrons. The molecule has 1 heteroatoms. The maximum atomic E-state index is 4.21. The third-order valence-corrected chi connectivity index (χ3v) is 3.85. The summed E-state index contributed by atoms with van der Waals surface area (Å²) in [4.78, 5) is 0. The van der Waals surface area contributed by atoms with Gasteiger partial charge in [0.15, 0.2) is 0 Å². The molecule has 1 nitrogen and oxygen atoms in total. The Bertz CT molecular complexity index is 922. The lowest BCUT2D eigenvalue weighted by Gasteiger charge is -2.08. The van der Waals surface area contributed by atoms with Crippen molar-refractivity contribution in [2.75, 3.05) is 0 Å². The van der Waals surface area contributed by atoms with Crippen LogP contribution in [0.4, 0.5) is 5.69 Å². The highest BCUT2D eigenvalue weighted by molar-refractivity contribution is 6.19. The SMILES string of the molecule is [NH3+]c1cc2c3ccccc3ccc2c2ccccc12. The third kappa shape index (κ3) is 1.46. The molecule has 4 rings (SSSR count). The van der Waals surface area contributed by atoms with E-state index >= 15 is 0 Å². The van der Waals surface area contributed by atoms with Crippen LogP contribution in [0.5, 0.6) is 0 Å². The van der Waals surface area contributed by atoms with Gasteiger partial charge in [0, 0.05) is 11.5 Å². The molecule has 3 N–H and O–H groups in total. The van der Waals surface area contributed by atoms with Crippen LogP contribution in [0.3, 0.4) is 0 Å². The van der Waals surface area contributed by atoms with Crippen molar-refractivity contribution < 1.29 is 5.73 Å². The molecule has 0 aliphatic rings. The zero-order valence-electron chi connectivity index (χ0n) is 10.6. The molecule has 0 bridgehead atoms. The lowest BCUT2D eigenvalue weighted by molar-refractivity contribution is -0.252. The summed E-state index contributed by atoms with van der Waals surface area (Å²) in [5, 5.41) is 7.71. The standard InChI is InChI=1S/C18H13N/c19-18-11-17-13-6-2-1-5-12(13)9-10-15(17)14-7-3-4-8-16(14)18/h1-11H,19H2/p+1. The van der Waals surface area contributed by atoms with Crippen molar-refractivity contribution in [3.8, 4) is 0 Å². The predicted octanol–water partition coefficient (Wildman–Crippen LogP) is 4.02. The normalized spacial score (nSPS) is 11.4. The van der Waals surface area contributed by atoms with E-state index in [0.717, 1.165) is 5.69 Å². The average Bonchev–Trinajstić information content (AvgIpc) is 2.47. The molecular weight excluding hydrogens is 230 g/mol. The van der Waals surface area contributed by atoms with E-state index in [2.05, 4.69) is 72.5 Å². The van der Waals surface area contributed by atoms with Gasteiger partial charge in [0.25, 0.3) is 0 Å². The molecule has 4 aromatic carbocycles. The molecule has 0 atom stereocenters. The van der Waals surface area contributed by atoms with Gasteiger partial charge < -0.3 is 5.73 Å². The van der Waals surface area contributed by atoms with Gasteiger partial charge in [-0.2, -0.15) is 0 Å². The number of rotatable bonds is 0. The van der Waals surface area contributed by atoms with Crippen molar-refractivity contribution in [1.29, 1.82) is 0 Å². The van der Waals surface area contributed by atoms with Crippen LogP contribution in [0, 0.1) is 0 Å². The molecular formula is C18H14N+. The molecule has 0 heterocycles. The van der Waals surface area contributed by atoms with Crippen LogP contribution in [0.25, 0.3) is 32.3 Å². The first-order valence-corrected chi connectivity index (χ1v) is 6.50. The zero-order chi connectivity index (χ0) is 12.8. The van der Waals surface area contributed by atoms with Crippen LogP contribution < -0.4 is 5.73 Å². The Kier molecular flexibility index (Phi) is 2.11. The second-order valence-corrected chi connectivity index (χ2v) is 4.96. The van der Waals surface area contributed by atoms with Gasteiger partial charge in [-0.3, -0.25) is 0 Å². The van der Waals surface area contributed by atoms with Gasteiger partial charge in [-0.05, 0) is 33.0 Å². The highest BCUT2D eigenvalue weighted by Crippen LogP contribution is 2.33. The van der Waals surface area contributed by atoms with E-state index in [-0.39, 0.29) is 0 Å². The molecule has 4 aromatic rings. The summed E-state index contributed by atoms with van der Waals surface area (Å²) in [5.74, 6) is 0. The summed E-state index contributed by atoms with van der Waals surface area (Å²) < 4.78 is 0. The zero-order valence-corrected chi connectivity index (χ0v) is 10.6. The van der Waals surface area contributed by atoms with Crippen LogP contribution >= 0.6 is 0 Å². The van der Waals surface area contributed by atoms with Crippen molar-refractivity contribution in [2.45, 2.75) is 0 Å². The highest BCUT2D eigenvalue weighted by Gasteiger charge is 2.08. The van der Waals surface area contributed by atoms with E-state index in [1.54, 1.807) is 0 Å². The molecule has 0 radical (unpaired) electrons. The second-order valence-electron chi connectivity index (χ2n) is 4.96. The molecule has 0 aromatic heterocycles.